The van der Waals surface area contributed by atoms with E-state index < -0.39 is 6.23 Å². The molecule has 0 spiro atoms. The molecule has 0 radical (unpaired) electrons. The van der Waals surface area contributed by atoms with Crippen LogP contribution in [0, 0.1) is 5.92 Å². The minimum Gasteiger partial charge on any atom is -0.372 e. The predicted octanol–water partition coefficient (Wildman–Crippen LogP) is 3.06. The van der Waals surface area contributed by atoms with Crippen molar-refractivity contribution in [3.05, 3.63) is 33.2 Å². The van der Waals surface area contributed by atoms with Gasteiger partial charge in [0.2, 0.25) is 0 Å². The first-order valence-corrected chi connectivity index (χ1v) is 9.54. The van der Waals surface area contributed by atoms with E-state index in [0.717, 1.165) is 32.2 Å². The summed E-state index contributed by atoms with van der Waals surface area (Å²) in [7, 11) is 0. The van der Waals surface area contributed by atoms with E-state index in [2.05, 4.69) is 0 Å². The van der Waals surface area contributed by atoms with E-state index in [1.54, 1.807) is 0 Å². The van der Waals surface area contributed by atoms with E-state index in [9.17, 15) is 9.90 Å². The van der Waals surface area contributed by atoms with E-state index in [1.807, 2.05) is 16.1 Å². The van der Waals surface area contributed by atoms with E-state index in [-0.39, 0.29) is 11.1 Å². The first-order chi connectivity index (χ1) is 11.7. The van der Waals surface area contributed by atoms with Gasteiger partial charge in [-0.3, -0.25) is 4.79 Å². The Balaban J connectivity index is 2.01. The number of pyridine rings is 1. The van der Waals surface area contributed by atoms with Crippen molar-refractivity contribution in [2.75, 3.05) is 0 Å². The smallest absolute Gasteiger partial charge is 0.258 e. The molecule has 134 valence electrons. The van der Waals surface area contributed by atoms with Crippen LogP contribution in [-0.2, 0) is 19.4 Å². The fraction of sp³-hybridized carbons (Fsp3) is 0.737. The average molecular weight is 334 g/mol. The number of rotatable bonds is 4. The lowest BCUT2D eigenvalue weighted by Crippen LogP contribution is -2.35. The van der Waals surface area contributed by atoms with Crippen molar-refractivity contribution in [1.82, 2.24) is 10.0 Å². The number of aliphatic hydroxyl groups is 1. The molecule has 0 aliphatic heterocycles. The molecule has 1 unspecified atom stereocenters. The van der Waals surface area contributed by atoms with Crippen molar-refractivity contribution >= 4 is 0 Å². The van der Waals surface area contributed by atoms with Gasteiger partial charge < -0.3 is 14.9 Å². The number of nitrogens with zero attached hydrogens (tertiary/aromatic N) is 1. The fourth-order valence-electron chi connectivity index (χ4n) is 4.34. The molecule has 3 rings (SSSR count). The van der Waals surface area contributed by atoms with Gasteiger partial charge in [-0.1, -0.05) is 32.1 Å². The normalized spacial score (nSPS) is 20.9. The van der Waals surface area contributed by atoms with E-state index >= 15 is 0 Å². The van der Waals surface area contributed by atoms with Crippen molar-refractivity contribution in [3.63, 3.8) is 0 Å². The summed E-state index contributed by atoms with van der Waals surface area (Å²) in [5.74, 6) is 0.556. The van der Waals surface area contributed by atoms with Gasteiger partial charge in [0.15, 0.2) is 6.23 Å². The fourth-order valence-corrected chi connectivity index (χ4v) is 4.34. The number of hydrogen-bond acceptors (Lipinski definition) is 4. The van der Waals surface area contributed by atoms with E-state index in [0.29, 0.717) is 5.92 Å². The highest BCUT2D eigenvalue weighted by atomic mass is 16.5. The Morgan fingerprint density at radius 1 is 1.08 bits per heavy atom. The van der Waals surface area contributed by atoms with Gasteiger partial charge in [-0.15, -0.1) is 0 Å². The first-order valence-electron chi connectivity index (χ1n) is 9.54. The molecule has 0 saturated heterocycles. The molecule has 0 amide bonds. The monoisotopic (exact) mass is 334 g/mol. The van der Waals surface area contributed by atoms with Gasteiger partial charge >= 0.3 is 0 Å². The zero-order valence-corrected chi connectivity index (χ0v) is 14.5. The third-order valence-corrected chi connectivity index (χ3v) is 5.71. The second-order valence-corrected chi connectivity index (χ2v) is 7.44. The number of aliphatic hydroxyl groups excluding tert-OH is 1. The van der Waals surface area contributed by atoms with Gasteiger partial charge in [0.25, 0.3) is 5.56 Å². The van der Waals surface area contributed by atoms with Crippen molar-refractivity contribution in [3.8, 4) is 0 Å². The largest absolute Gasteiger partial charge is 0.372 e. The Morgan fingerprint density at radius 2 is 1.75 bits per heavy atom. The second-order valence-electron chi connectivity index (χ2n) is 7.44. The standard InChI is InChI=1S/C19H30N2O3/c22-18(20-24)16-12-15-10-6-1-2-7-11-17(15)21(19(16)23)13-14-8-4-3-5-9-14/h12,14,18,20,22,24H,1-11,13H2. The quantitative estimate of drug-likeness (QED) is 0.584. The van der Waals surface area contributed by atoms with Crippen LogP contribution in [0.25, 0.3) is 0 Å². The van der Waals surface area contributed by atoms with Crippen LogP contribution in [0.5, 0.6) is 0 Å². The maximum absolute atomic E-state index is 13.0. The molecule has 1 fully saturated rings. The summed E-state index contributed by atoms with van der Waals surface area (Å²) < 4.78 is 1.92. The molecule has 1 saturated carbocycles. The lowest BCUT2D eigenvalue weighted by Gasteiger charge is -2.27. The highest BCUT2D eigenvalue weighted by molar-refractivity contribution is 5.29. The Labute approximate surface area is 143 Å². The topological polar surface area (TPSA) is 74.5 Å². The van der Waals surface area contributed by atoms with Crippen LogP contribution < -0.4 is 11.0 Å². The number of hydroxylamine groups is 1. The zero-order valence-electron chi connectivity index (χ0n) is 14.5. The molecular formula is C19H30N2O3. The van der Waals surface area contributed by atoms with E-state index in [1.165, 1.54) is 56.2 Å². The van der Waals surface area contributed by atoms with Gasteiger partial charge in [0.1, 0.15) is 0 Å². The number of hydrogen-bond donors (Lipinski definition) is 3. The molecule has 1 aromatic rings. The third-order valence-electron chi connectivity index (χ3n) is 5.71. The Bertz CT molecular complexity index is 605. The highest BCUT2D eigenvalue weighted by Gasteiger charge is 2.22. The van der Waals surface area contributed by atoms with Gasteiger partial charge in [-0.25, -0.2) is 0 Å². The van der Waals surface area contributed by atoms with Crippen molar-refractivity contribution in [2.24, 2.45) is 5.92 Å². The maximum Gasteiger partial charge on any atom is 0.258 e. The van der Waals surface area contributed by atoms with Gasteiger partial charge in [-0.05, 0) is 56.1 Å². The summed E-state index contributed by atoms with van der Waals surface area (Å²) in [4.78, 5) is 13.0. The molecule has 2 aliphatic carbocycles. The molecule has 5 heteroatoms. The van der Waals surface area contributed by atoms with Gasteiger partial charge in [0.05, 0.1) is 5.56 Å². The Kier molecular flexibility index (Phi) is 6.09. The zero-order chi connectivity index (χ0) is 16.9. The predicted molar refractivity (Wildman–Crippen MR) is 93.0 cm³/mol. The molecule has 2 aliphatic rings. The lowest BCUT2D eigenvalue weighted by atomic mass is 9.88. The summed E-state index contributed by atoms with van der Waals surface area (Å²) in [6, 6.07) is 1.81. The average Bonchev–Trinajstić information content (AvgIpc) is 2.59. The molecule has 1 atom stereocenters. The first kappa shape index (κ1) is 17.6. The number of aromatic nitrogens is 1. The van der Waals surface area contributed by atoms with Crippen LogP contribution in [0.2, 0.25) is 0 Å². The van der Waals surface area contributed by atoms with Gasteiger partial charge in [-0.2, -0.15) is 5.48 Å². The van der Waals surface area contributed by atoms with Crippen LogP contribution in [0.15, 0.2) is 10.9 Å². The van der Waals surface area contributed by atoms with Crippen LogP contribution >= 0.6 is 0 Å². The van der Waals surface area contributed by atoms with Crippen LogP contribution in [-0.4, -0.2) is 14.9 Å². The van der Waals surface area contributed by atoms with E-state index in [4.69, 9.17) is 5.21 Å². The Hall–Kier alpha value is -1.17. The van der Waals surface area contributed by atoms with Crippen LogP contribution in [0.3, 0.4) is 0 Å². The second kappa shape index (κ2) is 8.28. The summed E-state index contributed by atoms with van der Waals surface area (Å²) in [5.41, 5.74) is 4.30. The molecule has 1 heterocycles. The minimum atomic E-state index is -1.31. The molecule has 1 aromatic heterocycles. The molecule has 0 bridgehead atoms. The molecule has 24 heavy (non-hydrogen) atoms. The summed E-state index contributed by atoms with van der Waals surface area (Å²) in [6.45, 7) is 0.757. The van der Waals surface area contributed by atoms with Crippen molar-refractivity contribution < 1.29 is 10.3 Å². The summed E-state index contributed by atoms with van der Waals surface area (Å²) in [6.07, 6.45) is 11.4. The lowest BCUT2D eigenvalue weighted by molar-refractivity contribution is -0.000535. The van der Waals surface area contributed by atoms with Gasteiger partial charge in [0, 0.05) is 12.2 Å². The summed E-state index contributed by atoms with van der Waals surface area (Å²) in [5, 5.41) is 19.1. The maximum atomic E-state index is 13.0. The van der Waals surface area contributed by atoms with Crippen molar-refractivity contribution in [2.45, 2.75) is 83.4 Å². The molecule has 3 N–H and O–H groups in total. The third kappa shape index (κ3) is 3.90. The molecule has 0 aromatic carbocycles. The van der Waals surface area contributed by atoms with Crippen molar-refractivity contribution in [1.29, 1.82) is 0 Å². The number of aryl methyl sites for hydroxylation is 1. The number of nitrogens with one attached hydrogen (secondary N) is 1. The molecular weight excluding hydrogens is 304 g/mol. The Morgan fingerprint density at radius 3 is 2.46 bits per heavy atom. The number of fused-ring (bicyclic) bond motifs is 1. The summed E-state index contributed by atoms with van der Waals surface area (Å²) >= 11 is 0. The van der Waals surface area contributed by atoms with Crippen LogP contribution in [0.4, 0.5) is 0 Å². The SMILES string of the molecule is O=c1c(C(O)NO)cc2c(n1CC1CCCCC1)CCCCCC2. The van der Waals surface area contributed by atoms with Crippen LogP contribution in [0.1, 0.15) is 80.8 Å². The molecule has 5 nitrogen and oxygen atoms in total. The highest BCUT2D eigenvalue weighted by Crippen LogP contribution is 2.27. The minimum absolute atomic E-state index is 0.144.